The maximum atomic E-state index is 6.61. The largest absolute Gasteiger partial charge is 0.493 e. The highest BCUT2D eigenvalue weighted by atomic mass is 79.9. The molecule has 1 heterocycles. The van der Waals surface area contributed by atoms with Crippen molar-refractivity contribution in [2.75, 3.05) is 30.4 Å². The Morgan fingerprint density at radius 1 is 0.912 bits per heavy atom. The highest BCUT2D eigenvalue weighted by Gasteiger charge is 2.15. The Morgan fingerprint density at radius 2 is 1.65 bits per heavy atom. The Morgan fingerprint density at radius 3 is 2.32 bits per heavy atom. The van der Waals surface area contributed by atoms with Crippen molar-refractivity contribution < 1.29 is 9.47 Å². The van der Waals surface area contributed by atoms with Crippen LogP contribution < -0.4 is 19.7 Å². The van der Waals surface area contributed by atoms with Crippen LogP contribution in [0.3, 0.4) is 0 Å². The molecular formula is C26H26BrCl3N2O2. The molecule has 180 valence electrons. The van der Waals surface area contributed by atoms with Gasteiger partial charge in [0, 0.05) is 45.4 Å². The summed E-state index contributed by atoms with van der Waals surface area (Å²) in [6, 6.07) is 15.4. The Hall–Kier alpha value is -1.79. The zero-order chi connectivity index (χ0) is 24.1. The van der Waals surface area contributed by atoms with E-state index < -0.39 is 0 Å². The predicted molar refractivity (Wildman–Crippen MR) is 146 cm³/mol. The van der Waals surface area contributed by atoms with Crippen molar-refractivity contribution in [1.29, 1.82) is 0 Å². The minimum atomic E-state index is 0.237. The van der Waals surface area contributed by atoms with Crippen LogP contribution in [-0.4, -0.2) is 20.2 Å². The van der Waals surface area contributed by atoms with Crippen LogP contribution in [0.15, 0.2) is 53.0 Å². The lowest BCUT2D eigenvalue weighted by Gasteiger charge is -2.29. The normalized spacial score (nSPS) is 13.6. The number of nitrogens with one attached hydrogen (secondary N) is 1. The number of halogens is 4. The number of nitrogens with zero attached hydrogens (tertiary/aromatic N) is 1. The zero-order valence-corrected chi connectivity index (χ0v) is 22.7. The lowest BCUT2D eigenvalue weighted by atomic mass is 10.1. The van der Waals surface area contributed by atoms with E-state index in [0.29, 0.717) is 28.1 Å². The van der Waals surface area contributed by atoms with E-state index in [1.165, 1.54) is 19.3 Å². The first-order valence-corrected chi connectivity index (χ1v) is 13.1. The molecule has 0 spiro atoms. The molecule has 1 fully saturated rings. The van der Waals surface area contributed by atoms with E-state index in [1.54, 1.807) is 19.2 Å². The molecule has 1 aliphatic heterocycles. The Bertz CT molecular complexity index is 1130. The Kier molecular flexibility index (Phi) is 8.75. The van der Waals surface area contributed by atoms with Gasteiger partial charge < -0.3 is 19.7 Å². The second kappa shape index (κ2) is 11.8. The summed E-state index contributed by atoms with van der Waals surface area (Å²) in [6.07, 6.45) is 3.73. The van der Waals surface area contributed by atoms with Gasteiger partial charge in [-0.25, -0.2) is 0 Å². The van der Waals surface area contributed by atoms with Crippen LogP contribution in [0.25, 0.3) is 0 Å². The van der Waals surface area contributed by atoms with Gasteiger partial charge in [0.25, 0.3) is 0 Å². The quantitative estimate of drug-likeness (QED) is 0.288. The van der Waals surface area contributed by atoms with E-state index in [4.69, 9.17) is 44.3 Å². The molecule has 0 atom stereocenters. The van der Waals surface area contributed by atoms with Gasteiger partial charge in [-0.2, -0.15) is 0 Å². The van der Waals surface area contributed by atoms with E-state index in [-0.39, 0.29) is 6.61 Å². The fourth-order valence-electron chi connectivity index (χ4n) is 4.01. The fraction of sp³-hybridized carbons (Fsp3) is 0.308. The molecule has 0 unspecified atom stereocenters. The van der Waals surface area contributed by atoms with Gasteiger partial charge >= 0.3 is 0 Å². The monoisotopic (exact) mass is 582 g/mol. The van der Waals surface area contributed by atoms with Gasteiger partial charge in [-0.15, -0.1) is 0 Å². The first-order valence-electron chi connectivity index (χ1n) is 11.2. The molecule has 3 aromatic rings. The van der Waals surface area contributed by atoms with Crippen LogP contribution in [-0.2, 0) is 13.2 Å². The van der Waals surface area contributed by atoms with Crippen molar-refractivity contribution in [3.63, 3.8) is 0 Å². The summed E-state index contributed by atoms with van der Waals surface area (Å²) < 4.78 is 12.5. The second-order valence-corrected chi connectivity index (χ2v) is 10.2. The van der Waals surface area contributed by atoms with E-state index in [2.05, 4.69) is 38.3 Å². The lowest BCUT2D eigenvalue weighted by molar-refractivity contribution is 0.284. The van der Waals surface area contributed by atoms with Crippen molar-refractivity contribution in [2.24, 2.45) is 0 Å². The van der Waals surface area contributed by atoms with E-state index in [1.807, 2.05) is 24.3 Å². The van der Waals surface area contributed by atoms with Gasteiger partial charge in [0.15, 0.2) is 11.5 Å². The molecule has 34 heavy (non-hydrogen) atoms. The summed E-state index contributed by atoms with van der Waals surface area (Å²) in [5, 5.41) is 5.35. The molecule has 1 N–H and O–H groups in total. The smallest absolute Gasteiger partial charge is 0.162 e. The highest BCUT2D eigenvalue weighted by molar-refractivity contribution is 9.10. The third-order valence-electron chi connectivity index (χ3n) is 5.89. The Balaban J connectivity index is 1.44. The summed E-state index contributed by atoms with van der Waals surface area (Å²) in [5.74, 6) is 1.23. The summed E-state index contributed by atoms with van der Waals surface area (Å²) >= 11 is 22.8. The molecule has 1 aliphatic rings. The molecule has 0 bridgehead atoms. The number of benzene rings is 3. The zero-order valence-electron chi connectivity index (χ0n) is 18.8. The summed E-state index contributed by atoms with van der Waals surface area (Å²) in [4.78, 5) is 2.37. The molecule has 4 rings (SSSR count). The van der Waals surface area contributed by atoms with Crippen LogP contribution in [0.5, 0.6) is 11.5 Å². The maximum absolute atomic E-state index is 6.61. The summed E-state index contributed by atoms with van der Waals surface area (Å²) in [7, 11) is 1.62. The van der Waals surface area contributed by atoms with E-state index in [9.17, 15) is 0 Å². The Labute approximate surface area is 224 Å². The van der Waals surface area contributed by atoms with E-state index >= 15 is 0 Å². The molecule has 0 aliphatic carbocycles. The van der Waals surface area contributed by atoms with Crippen molar-refractivity contribution in [2.45, 2.75) is 32.4 Å². The molecule has 0 aromatic heterocycles. The number of rotatable bonds is 8. The summed E-state index contributed by atoms with van der Waals surface area (Å²) in [5.41, 5.74) is 3.83. The van der Waals surface area contributed by atoms with Crippen LogP contribution in [0.2, 0.25) is 15.1 Å². The predicted octanol–water partition coefficient (Wildman–Crippen LogP) is 8.60. The van der Waals surface area contributed by atoms with Gasteiger partial charge in [0.05, 0.1) is 17.8 Å². The third kappa shape index (κ3) is 6.06. The van der Waals surface area contributed by atoms with Crippen LogP contribution in [0.4, 0.5) is 11.4 Å². The number of hydrogen-bond donors (Lipinski definition) is 1. The van der Waals surface area contributed by atoms with Gasteiger partial charge in [0.2, 0.25) is 0 Å². The van der Waals surface area contributed by atoms with Gasteiger partial charge in [-0.05, 0) is 67.3 Å². The minimum Gasteiger partial charge on any atom is -0.493 e. The molecule has 8 heteroatoms. The molecule has 0 amide bonds. The standard InChI is InChI=1S/C26H26BrCl3N2O2/c1-33-25-12-17(20(27)14-26(25)34-16-19-21(28)6-5-7-22(19)29)15-31-18-8-9-24(23(30)13-18)32-10-3-2-4-11-32/h5-9,12-14,31H,2-4,10-11,15-16H2,1H3. The van der Waals surface area contributed by atoms with Crippen LogP contribution >= 0.6 is 50.7 Å². The molecule has 3 aromatic carbocycles. The first kappa shape index (κ1) is 25.3. The van der Waals surface area contributed by atoms with Crippen molar-refractivity contribution in [3.05, 3.63) is 79.2 Å². The molecule has 0 saturated carbocycles. The maximum Gasteiger partial charge on any atom is 0.162 e. The first-order chi connectivity index (χ1) is 16.5. The number of ether oxygens (including phenoxy) is 2. The average Bonchev–Trinajstić information content (AvgIpc) is 2.83. The van der Waals surface area contributed by atoms with Gasteiger partial charge in [-0.1, -0.05) is 56.8 Å². The second-order valence-electron chi connectivity index (χ2n) is 8.15. The summed E-state index contributed by atoms with van der Waals surface area (Å²) in [6.45, 7) is 2.96. The van der Waals surface area contributed by atoms with Crippen LogP contribution in [0.1, 0.15) is 30.4 Å². The van der Waals surface area contributed by atoms with Gasteiger partial charge in [-0.3, -0.25) is 0 Å². The van der Waals surface area contributed by atoms with Crippen molar-refractivity contribution in [3.8, 4) is 11.5 Å². The topological polar surface area (TPSA) is 33.7 Å². The van der Waals surface area contributed by atoms with Gasteiger partial charge in [0.1, 0.15) is 6.61 Å². The number of methoxy groups -OCH3 is 1. The highest BCUT2D eigenvalue weighted by Crippen LogP contribution is 2.36. The minimum absolute atomic E-state index is 0.237. The molecular weight excluding hydrogens is 559 g/mol. The molecule has 1 saturated heterocycles. The number of piperidine rings is 1. The average molecular weight is 585 g/mol. The van der Waals surface area contributed by atoms with E-state index in [0.717, 1.165) is 45.1 Å². The van der Waals surface area contributed by atoms with Crippen LogP contribution in [0, 0.1) is 0 Å². The SMILES string of the molecule is COc1cc(CNc2ccc(N3CCCCC3)c(Cl)c2)c(Br)cc1OCc1c(Cl)cccc1Cl. The van der Waals surface area contributed by atoms with Crippen molar-refractivity contribution >= 4 is 62.1 Å². The number of anilines is 2. The number of hydrogen-bond acceptors (Lipinski definition) is 4. The lowest BCUT2D eigenvalue weighted by Crippen LogP contribution is -2.29. The third-order valence-corrected chi connectivity index (χ3v) is 7.64. The fourth-order valence-corrected chi connectivity index (χ4v) is 5.28. The van der Waals surface area contributed by atoms with Crippen molar-refractivity contribution in [1.82, 2.24) is 0 Å². The molecule has 0 radical (unpaired) electrons. The molecule has 4 nitrogen and oxygen atoms in total.